The summed E-state index contributed by atoms with van der Waals surface area (Å²) in [6.45, 7) is 8.57. The maximum Gasteiger partial charge on any atom is 0.0461 e. The molecular weight excluding hydrogens is 653 g/mol. The Morgan fingerprint density at radius 3 is 1.00 bits per heavy atom. The number of hydrogen-bond donors (Lipinski definition) is 0. The third-order valence-electron chi connectivity index (χ3n) is 11.1. The van der Waals surface area contributed by atoms with Gasteiger partial charge in [0.05, 0.1) is 0 Å². The van der Waals surface area contributed by atoms with Crippen LogP contribution in [0.2, 0.25) is 0 Å². The molecule has 2 heteroatoms. The van der Waals surface area contributed by atoms with Crippen molar-refractivity contribution in [3.05, 3.63) is 227 Å². The quantitative estimate of drug-likeness (QED) is 0.138. The van der Waals surface area contributed by atoms with Crippen molar-refractivity contribution in [3.8, 4) is 0 Å². The van der Waals surface area contributed by atoms with E-state index in [9.17, 15) is 0 Å². The predicted molar refractivity (Wildman–Crippen MR) is 230 cm³/mol. The first-order chi connectivity index (χ1) is 26.4. The number of nitrogens with zero attached hydrogens (tertiary/aromatic N) is 2. The molecule has 0 saturated heterocycles. The molecule has 8 rings (SSSR count). The predicted octanol–water partition coefficient (Wildman–Crippen LogP) is 14.3. The summed E-state index contributed by atoms with van der Waals surface area (Å²) in [5, 5.41) is 0. The highest BCUT2D eigenvalue weighted by atomic mass is 15.1. The van der Waals surface area contributed by atoms with Gasteiger partial charge in [0, 0.05) is 45.5 Å². The molecule has 0 bridgehead atoms. The van der Waals surface area contributed by atoms with Gasteiger partial charge < -0.3 is 9.80 Å². The first kappa shape index (κ1) is 34.9. The van der Waals surface area contributed by atoms with Gasteiger partial charge in [0.2, 0.25) is 0 Å². The van der Waals surface area contributed by atoms with Crippen molar-refractivity contribution in [1.82, 2.24) is 0 Å². The van der Waals surface area contributed by atoms with Crippen molar-refractivity contribution in [1.29, 1.82) is 0 Å². The van der Waals surface area contributed by atoms with Crippen molar-refractivity contribution in [2.24, 2.45) is 0 Å². The van der Waals surface area contributed by atoms with Crippen LogP contribution >= 0.6 is 0 Å². The Kier molecular flexibility index (Phi) is 9.76. The Hall–Kier alpha value is -6.12. The smallest absolute Gasteiger partial charge is 0.0461 e. The molecule has 2 nitrogen and oxygen atoms in total. The van der Waals surface area contributed by atoms with Gasteiger partial charge in [0.15, 0.2) is 0 Å². The van der Waals surface area contributed by atoms with E-state index < -0.39 is 0 Å². The molecule has 7 aromatic rings. The highest BCUT2D eigenvalue weighted by molar-refractivity contribution is 5.78. The van der Waals surface area contributed by atoms with Crippen LogP contribution < -0.4 is 9.80 Å². The maximum absolute atomic E-state index is 2.49. The minimum absolute atomic E-state index is 0.264. The van der Waals surface area contributed by atoms with E-state index in [1.54, 1.807) is 0 Å². The molecule has 0 saturated carbocycles. The number of allylic oxidation sites excluding steroid dienone is 2. The van der Waals surface area contributed by atoms with E-state index >= 15 is 0 Å². The van der Waals surface area contributed by atoms with Crippen LogP contribution in [0.15, 0.2) is 188 Å². The lowest BCUT2D eigenvalue weighted by Gasteiger charge is -2.38. The summed E-state index contributed by atoms with van der Waals surface area (Å²) in [6, 6.07) is 64.9. The monoisotopic (exact) mass is 700 g/mol. The molecule has 7 aromatic carbocycles. The van der Waals surface area contributed by atoms with E-state index in [1.165, 1.54) is 38.9 Å². The van der Waals surface area contributed by atoms with E-state index in [4.69, 9.17) is 0 Å². The SMILES string of the molecule is Cc1ccc(N(c2ccc(C)cc2)c2ccc(C3(c4ccc(N(c5ccc(C)cc5)c5ccc(C)cc5)cc4)C=CC(c4ccccc4)CC3)cc2)cc1. The van der Waals surface area contributed by atoms with E-state index in [-0.39, 0.29) is 5.41 Å². The second-order valence-corrected chi connectivity index (χ2v) is 15.0. The summed E-state index contributed by atoms with van der Waals surface area (Å²) in [5.74, 6) is 0.398. The van der Waals surface area contributed by atoms with Crippen LogP contribution in [0.1, 0.15) is 57.7 Å². The van der Waals surface area contributed by atoms with Crippen LogP contribution in [0.4, 0.5) is 34.1 Å². The highest BCUT2D eigenvalue weighted by Gasteiger charge is 2.35. The van der Waals surface area contributed by atoms with Crippen LogP contribution in [0, 0.1) is 27.7 Å². The van der Waals surface area contributed by atoms with Crippen LogP contribution in [-0.4, -0.2) is 0 Å². The highest BCUT2D eigenvalue weighted by Crippen LogP contribution is 2.47. The lowest BCUT2D eigenvalue weighted by molar-refractivity contribution is 0.501. The largest absolute Gasteiger partial charge is 0.311 e. The minimum atomic E-state index is -0.264. The summed E-state index contributed by atoms with van der Waals surface area (Å²) in [7, 11) is 0. The van der Waals surface area contributed by atoms with Crippen molar-refractivity contribution < 1.29 is 0 Å². The van der Waals surface area contributed by atoms with Crippen LogP contribution in [0.25, 0.3) is 0 Å². The summed E-state index contributed by atoms with van der Waals surface area (Å²) in [6.07, 6.45) is 7.03. The molecule has 0 N–H and O–H groups in total. The summed E-state index contributed by atoms with van der Waals surface area (Å²) in [4.78, 5) is 4.72. The average Bonchev–Trinajstić information content (AvgIpc) is 3.22. The Labute approximate surface area is 321 Å². The molecule has 0 aliphatic heterocycles. The van der Waals surface area contributed by atoms with Gasteiger partial charge in [-0.25, -0.2) is 0 Å². The van der Waals surface area contributed by atoms with E-state index in [2.05, 4.69) is 226 Å². The molecule has 266 valence electrons. The zero-order valence-electron chi connectivity index (χ0n) is 31.8. The number of rotatable bonds is 9. The fraction of sp³-hybridized carbons (Fsp3) is 0.154. The first-order valence-corrected chi connectivity index (χ1v) is 19.2. The van der Waals surface area contributed by atoms with Gasteiger partial charge in [-0.05, 0) is 130 Å². The zero-order valence-corrected chi connectivity index (χ0v) is 31.8. The lowest BCUT2D eigenvalue weighted by Crippen LogP contribution is -2.29. The third-order valence-corrected chi connectivity index (χ3v) is 11.1. The molecule has 1 atom stereocenters. The number of hydrogen-bond acceptors (Lipinski definition) is 2. The molecule has 1 aliphatic carbocycles. The molecule has 0 aromatic heterocycles. The molecule has 0 radical (unpaired) electrons. The molecular formula is C52H48N2. The van der Waals surface area contributed by atoms with Crippen LogP contribution in [-0.2, 0) is 5.41 Å². The summed E-state index contributed by atoms with van der Waals surface area (Å²) < 4.78 is 0. The van der Waals surface area contributed by atoms with Crippen LogP contribution in [0.3, 0.4) is 0 Å². The van der Waals surface area contributed by atoms with E-state index in [0.29, 0.717) is 5.92 Å². The molecule has 1 unspecified atom stereocenters. The van der Waals surface area contributed by atoms with Gasteiger partial charge in [-0.2, -0.15) is 0 Å². The molecule has 0 amide bonds. The number of aryl methyl sites for hydroxylation is 4. The molecule has 0 spiro atoms. The first-order valence-electron chi connectivity index (χ1n) is 19.2. The second-order valence-electron chi connectivity index (χ2n) is 15.0. The van der Waals surface area contributed by atoms with Gasteiger partial charge in [-0.15, -0.1) is 0 Å². The third kappa shape index (κ3) is 7.13. The second kappa shape index (κ2) is 15.1. The molecule has 1 aliphatic rings. The normalized spacial score (nSPS) is 14.8. The fourth-order valence-corrected chi connectivity index (χ4v) is 7.95. The van der Waals surface area contributed by atoms with E-state index in [1.807, 2.05) is 0 Å². The van der Waals surface area contributed by atoms with Gasteiger partial charge in [0.1, 0.15) is 0 Å². The Morgan fingerprint density at radius 1 is 0.389 bits per heavy atom. The molecule has 0 heterocycles. The Balaban J connectivity index is 1.20. The zero-order chi connectivity index (χ0) is 37.1. The van der Waals surface area contributed by atoms with Gasteiger partial charge in [-0.1, -0.05) is 138 Å². The Morgan fingerprint density at radius 2 is 0.704 bits per heavy atom. The van der Waals surface area contributed by atoms with Gasteiger partial charge in [0.25, 0.3) is 0 Å². The molecule has 54 heavy (non-hydrogen) atoms. The summed E-state index contributed by atoms with van der Waals surface area (Å²) in [5.41, 5.74) is 15.6. The standard InChI is InChI=1S/C52H48N2/c1-38-10-22-46(23-11-38)53(47-24-12-39(2)13-25-47)50-30-18-44(19-31-50)52(36-34-43(35-37-52)42-8-6-5-7-9-42)45-20-32-51(33-21-45)54(48-26-14-40(3)15-27-48)49-28-16-41(4)17-29-49/h5-34,36,43H,35,37H2,1-4H3. The van der Waals surface area contributed by atoms with Crippen molar-refractivity contribution in [3.63, 3.8) is 0 Å². The number of benzene rings is 7. The Bertz CT molecular complexity index is 2090. The topological polar surface area (TPSA) is 6.48 Å². The van der Waals surface area contributed by atoms with Gasteiger partial charge in [-0.3, -0.25) is 0 Å². The van der Waals surface area contributed by atoms with Crippen molar-refractivity contribution in [2.45, 2.75) is 51.9 Å². The minimum Gasteiger partial charge on any atom is -0.311 e. The average molecular weight is 701 g/mol. The molecule has 0 fully saturated rings. The fourth-order valence-electron chi connectivity index (χ4n) is 7.95. The number of anilines is 6. The van der Waals surface area contributed by atoms with Crippen molar-refractivity contribution >= 4 is 34.1 Å². The van der Waals surface area contributed by atoms with Crippen LogP contribution in [0.5, 0.6) is 0 Å². The van der Waals surface area contributed by atoms with E-state index in [0.717, 1.165) is 47.0 Å². The van der Waals surface area contributed by atoms with Gasteiger partial charge >= 0.3 is 0 Å². The maximum atomic E-state index is 2.49. The van der Waals surface area contributed by atoms with Crippen molar-refractivity contribution in [2.75, 3.05) is 9.80 Å². The lowest BCUT2D eigenvalue weighted by atomic mass is 9.66. The summed E-state index contributed by atoms with van der Waals surface area (Å²) >= 11 is 0.